The van der Waals surface area contributed by atoms with Crippen molar-refractivity contribution in [1.29, 1.82) is 0 Å². The Morgan fingerprint density at radius 3 is 1.89 bits per heavy atom. The summed E-state index contributed by atoms with van der Waals surface area (Å²) in [7, 11) is 3.17. The van der Waals surface area contributed by atoms with E-state index in [0.29, 0.717) is 0 Å². The van der Waals surface area contributed by atoms with Gasteiger partial charge in [-0.25, -0.2) is 0 Å². The fourth-order valence-corrected chi connectivity index (χ4v) is 3.71. The number of thiocarbonyl (C=S) groups is 1. The molecule has 140 valence electrons. The van der Waals surface area contributed by atoms with Crippen molar-refractivity contribution in [3.8, 4) is 5.69 Å². The van der Waals surface area contributed by atoms with Crippen LogP contribution in [0.15, 0.2) is 29.8 Å². The first kappa shape index (κ1) is 19.0. The van der Waals surface area contributed by atoms with Gasteiger partial charge in [0.2, 0.25) is 0 Å². The Kier molecular flexibility index (Phi) is 4.78. The lowest BCUT2D eigenvalue weighted by atomic mass is 10.1. The predicted octanol–water partition coefficient (Wildman–Crippen LogP) is 3.31. The van der Waals surface area contributed by atoms with Crippen LogP contribution in [0.3, 0.4) is 0 Å². The number of carbonyl (C=O) groups is 2. The molecule has 2 heterocycles. The first-order valence-electron chi connectivity index (χ1n) is 8.71. The summed E-state index contributed by atoms with van der Waals surface area (Å²) in [5.74, 6) is -0.751. The second-order valence-corrected chi connectivity index (χ2v) is 7.44. The van der Waals surface area contributed by atoms with E-state index in [2.05, 4.69) is 36.6 Å². The van der Waals surface area contributed by atoms with Crippen LogP contribution in [0.25, 0.3) is 11.8 Å². The third-order valence-electron chi connectivity index (χ3n) is 4.88. The van der Waals surface area contributed by atoms with Gasteiger partial charge in [-0.15, -0.1) is 0 Å². The summed E-state index contributed by atoms with van der Waals surface area (Å²) in [6.45, 7) is 8.15. The van der Waals surface area contributed by atoms with Crippen molar-refractivity contribution >= 4 is 35.2 Å². The molecule has 2 amide bonds. The number of carbonyl (C=O) groups excluding carboxylic acids is 2. The summed E-state index contributed by atoms with van der Waals surface area (Å²) < 4.78 is 2.14. The second-order valence-electron chi connectivity index (χ2n) is 7.08. The predicted molar refractivity (Wildman–Crippen MR) is 111 cm³/mol. The van der Waals surface area contributed by atoms with E-state index in [1.54, 1.807) is 20.2 Å². The average Bonchev–Trinajstić information content (AvgIpc) is 2.88. The van der Waals surface area contributed by atoms with Crippen LogP contribution in [0, 0.1) is 27.7 Å². The molecule has 0 radical (unpaired) electrons. The fraction of sp³-hybridized carbons (Fsp3) is 0.286. The normalized spacial score (nSPS) is 15.0. The van der Waals surface area contributed by atoms with Gasteiger partial charge in [-0.3, -0.25) is 19.4 Å². The second kappa shape index (κ2) is 6.78. The number of hydrogen-bond acceptors (Lipinski definition) is 3. The van der Waals surface area contributed by atoms with Crippen molar-refractivity contribution in [2.45, 2.75) is 27.7 Å². The molecule has 0 saturated carbocycles. The molecule has 5 nitrogen and oxygen atoms in total. The molecule has 1 aliphatic heterocycles. The van der Waals surface area contributed by atoms with Gasteiger partial charge in [0.15, 0.2) is 5.11 Å². The zero-order chi connectivity index (χ0) is 20.0. The highest BCUT2D eigenvalue weighted by molar-refractivity contribution is 7.80. The monoisotopic (exact) mass is 381 g/mol. The summed E-state index contributed by atoms with van der Waals surface area (Å²) in [6, 6.07) is 8.38. The summed E-state index contributed by atoms with van der Waals surface area (Å²) in [4.78, 5) is 27.8. The van der Waals surface area contributed by atoms with Crippen LogP contribution in [0.5, 0.6) is 0 Å². The lowest BCUT2D eigenvalue weighted by Crippen LogP contribution is -2.52. The number of benzene rings is 1. The highest BCUT2D eigenvalue weighted by Gasteiger charge is 2.35. The molecular weight excluding hydrogens is 358 g/mol. The van der Waals surface area contributed by atoms with Gasteiger partial charge < -0.3 is 4.57 Å². The van der Waals surface area contributed by atoms with Crippen LogP contribution in [-0.4, -0.2) is 45.4 Å². The number of nitrogens with zero attached hydrogens (tertiary/aromatic N) is 3. The molecule has 1 aliphatic rings. The molecule has 0 N–H and O–H groups in total. The zero-order valence-electron chi connectivity index (χ0n) is 16.5. The minimum absolute atomic E-state index is 0.120. The SMILES string of the molecule is Cc1cc(C)cc(-n2c(C)cc(C=C3C(=O)N(C)C(=S)N(C)C3=O)c2C)c1. The summed E-state index contributed by atoms with van der Waals surface area (Å²) in [5.41, 5.74) is 6.43. The number of likely N-dealkylation sites (N-methyl/N-ethyl adjacent to an activating group) is 2. The largest absolute Gasteiger partial charge is 0.318 e. The maximum atomic E-state index is 12.6. The summed E-state index contributed by atoms with van der Waals surface area (Å²) >= 11 is 5.14. The Labute approximate surface area is 164 Å². The maximum absolute atomic E-state index is 12.6. The fourth-order valence-electron chi connectivity index (χ4n) is 3.54. The van der Waals surface area contributed by atoms with Gasteiger partial charge in [-0.1, -0.05) is 6.07 Å². The van der Waals surface area contributed by atoms with E-state index in [4.69, 9.17) is 12.2 Å². The van der Waals surface area contributed by atoms with E-state index in [-0.39, 0.29) is 22.5 Å². The minimum atomic E-state index is -0.376. The Morgan fingerprint density at radius 1 is 0.852 bits per heavy atom. The van der Waals surface area contributed by atoms with Crippen molar-refractivity contribution in [1.82, 2.24) is 14.4 Å². The van der Waals surface area contributed by atoms with Crippen molar-refractivity contribution in [2.24, 2.45) is 0 Å². The molecule has 27 heavy (non-hydrogen) atoms. The van der Waals surface area contributed by atoms with E-state index < -0.39 is 0 Å². The highest BCUT2D eigenvalue weighted by atomic mass is 32.1. The van der Waals surface area contributed by atoms with Gasteiger partial charge in [-0.05, 0) is 80.9 Å². The molecule has 1 aromatic carbocycles. The summed E-state index contributed by atoms with van der Waals surface area (Å²) in [5, 5.41) is 0.211. The number of aryl methyl sites for hydroxylation is 3. The minimum Gasteiger partial charge on any atom is -0.318 e. The topological polar surface area (TPSA) is 45.6 Å². The van der Waals surface area contributed by atoms with E-state index in [9.17, 15) is 9.59 Å². The quantitative estimate of drug-likeness (QED) is 0.455. The van der Waals surface area contributed by atoms with Crippen molar-refractivity contribution in [2.75, 3.05) is 14.1 Å². The van der Waals surface area contributed by atoms with Crippen LogP contribution in [-0.2, 0) is 9.59 Å². The molecule has 0 bridgehead atoms. The van der Waals surface area contributed by atoms with E-state index >= 15 is 0 Å². The zero-order valence-corrected chi connectivity index (χ0v) is 17.3. The van der Waals surface area contributed by atoms with Crippen molar-refractivity contribution in [3.05, 3.63) is 57.9 Å². The van der Waals surface area contributed by atoms with Crippen molar-refractivity contribution < 1.29 is 9.59 Å². The van der Waals surface area contributed by atoms with Crippen LogP contribution >= 0.6 is 12.2 Å². The van der Waals surface area contributed by atoms with Gasteiger partial charge in [0.1, 0.15) is 5.57 Å². The number of aromatic nitrogens is 1. The first-order valence-corrected chi connectivity index (χ1v) is 9.12. The standard InChI is InChI=1S/C21H23N3O2S/c1-12-7-13(2)9-17(8-12)24-14(3)10-16(15(24)4)11-18-19(25)22(5)21(27)23(6)20(18)26/h7-11H,1-6H3. The van der Waals surface area contributed by atoms with Gasteiger partial charge in [0.25, 0.3) is 11.8 Å². The van der Waals surface area contributed by atoms with E-state index in [1.807, 2.05) is 19.9 Å². The molecule has 0 unspecified atom stereocenters. The molecular formula is C21H23N3O2S. The van der Waals surface area contributed by atoms with Crippen LogP contribution in [0.1, 0.15) is 28.1 Å². The van der Waals surface area contributed by atoms with Gasteiger partial charge in [0, 0.05) is 31.2 Å². The number of rotatable bonds is 2. The molecule has 1 fully saturated rings. The Morgan fingerprint density at radius 2 is 1.37 bits per heavy atom. The molecule has 0 aliphatic carbocycles. The van der Waals surface area contributed by atoms with Crippen molar-refractivity contribution in [3.63, 3.8) is 0 Å². The molecule has 6 heteroatoms. The molecule has 1 aromatic heterocycles. The Balaban J connectivity index is 2.12. The number of hydrogen-bond donors (Lipinski definition) is 0. The first-order chi connectivity index (χ1) is 12.6. The Hall–Kier alpha value is -2.73. The molecule has 0 atom stereocenters. The molecule has 1 saturated heterocycles. The lowest BCUT2D eigenvalue weighted by Gasteiger charge is -2.31. The third-order valence-corrected chi connectivity index (χ3v) is 5.43. The summed E-state index contributed by atoms with van der Waals surface area (Å²) in [6.07, 6.45) is 1.67. The molecule has 2 aromatic rings. The van der Waals surface area contributed by atoms with Gasteiger partial charge in [-0.2, -0.15) is 0 Å². The molecule has 3 rings (SSSR count). The maximum Gasteiger partial charge on any atom is 0.265 e. The average molecular weight is 382 g/mol. The van der Waals surface area contributed by atoms with Crippen LogP contribution in [0.4, 0.5) is 0 Å². The lowest BCUT2D eigenvalue weighted by molar-refractivity contribution is -0.132. The smallest absolute Gasteiger partial charge is 0.265 e. The number of amides is 2. The van der Waals surface area contributed by atoms with E-state index in [0.717, 1.165) is 22.6 Å². The van der Waals surface area contributed by atoms with Gasteiger partial charge >= 0.3 is 0 Å². The Bertz CT molecular complexity index is 970. The van der Waals surface area contributed by atoms with Gasteiger partial charge in [0.05, 0.1) is 0 Å². The van der Waals surface area contributed by atoms with Crippen LogP contribution < -0.4 is 0 Å². The highest BCUT2D eigenvalue weighted by Crippen LogP contribution is 2.26. The van der Waals surface area contributed by atoms with E-state index in [1.165, 1.54) is 20.9 Å². The molecule has 0 spiro atoms. The van der Waals surface area contributed by atoms with Crippen LogP contribution in [0.2, 0.25) is 0 Å². The third kappa shape index (κ3) is 3.21.